The summed E-state index contributed by atoms with van der Waals surface area (Å²) in [4.78, 5) is 2.21. The van der Waals surface area contributed by atoms with Gasteiger partial charge in [0.1, 0.15) is 0 Å². The van der Waals surface area contributed by atoms with E-state index in [9.17, 15) is 0 Å². The average molecular weight is 185 g/mol. The highest BCUT2D eigenvalue weighted by Crippen LogP contribution is 2.10. The lowest BCUT2D eigenvalue weighted by atomic mass is 10.1. The van der Waals surface area contributed by atoms with Gasteiger partial charge in [0.25, 0.3) is 0 Å². The van der Waals surface area contributed by atoms with Crippen LogP contribution in [0.25, 0.3) is 0 Å². The van der Waals surface area contributed by atoms with Gasteiger partial charge in [-0.2, -0.15) is 0 Å². The van der Waals surface area contributed by atoms with Crippen LogP contribution in [-0.4, -0.2) is 43.8 Å². The highest BCUT2D eigenvalue weighted by atomic mass is 16.5. The zero-order valence-corrected chi connectivity index (χ0v) is 8.15. The molecule has 1 heterocycles. The minimum absolute atomic E-state index is 0.183. The fourth-order valence-electron chi connectivity index (χ4n) is 1.52. The van der Waals surface area contributed by atoms with Gasteiger partial charge in [0.2, 0.25) is 0 Å². The standard InChI is InChI=1S/C9H19N3O/c1-12(4-2-3-10)9-5-8(11)6-13-7-9/h2-3,8-9H,4-7,10-11H2,1H3/b3-2+/t8-,9+/m0/s1. The van der Waals surface area contributed by atoms with Crippen molar-refractivity contribution in [2.24, 2.45) is 11.5 Å². The first-order chi connectivity index (χ1) is 6.24. The molecule has 0 aromatic carbocycles. The fraction of sp³-hybridized carbons (Fsp3) is 0.778. The van der Waals surface area contributed by atoms with Gasteiger partial charge in [0.15, 0.2) is 0 Å². The Morgan fingerprint density at radius 3 is 2.92 bits per heavy atom. The lowest BCUT2D eigenvalue weighted by Gasteiger charge is -2.33. The normalized spacial score (nSPS) is 30.1. The van der Waals surface area contributed by atoms with Crippen molar-refractivity contribution in [1.82, 2.24) is 4.90 Å². The summed E-state index contributed by atoms with van der Waals surface area (Å²) in [5.74, 6) is 0. The summed E-state index contributed by atoms with van der Waals surface area (Å²) in [6.45, 7) is 2.33. The van der Waals surface area contributed by atoms with Crippen LogP contribution < -0.4 is 11.5 Å². The SMILES string of the molecule is CN(C/C=C/N)[C@H]1COC[C@@H](N)C1. The van der Waals surface area contributed by atoms with Crippen molar-refractivity contribution in [3.8, 4) is 0 Å². The number of nitrogens with two attached hydrogens (primary N) is 2. The van der Waals surface area contributed by atoms with E-state index in [4.69, 9.17) is 16.2 Å². The van der Waals surface area contributed by atoms with E-state index in [1.165, 1.54) is 0 Å². The van der Waals surface area contributed by atoms with Gasteiger partial charge < -0.3 is 16.2 Å². The van der Waals surface area contributed by atoms with Crippen LogP contribution in [0.5, 0.6) is 0 Å². The Morgan fingerprint density at radius 1 is 1.54 bits per heavy atom. The summed E-state index contributed by atoms with van der Waals surface area (Å²) in [5.41, 5.74) is 11.1. The summed E-state index contributed by atoms with van der Waals surface area (Å²) >= 11 is 0. The summed E-state index contributed by atoms with van der Waals surface area (Å²) in [5, 5.41) is 0. The molecule has 0 saturated carbocycles. The molecule has 0 aromatic heterocycles. The molecule has 1 saturated heterocycles. The number of hydrogen-bond acceptors (Lipinski definition) is 4. The van der Waals surface area contributed by atoms with Gasteiger partial charge in [0, 0.05) is 18.6 Å². The molecular weight excluding hydrogens is 166 g/mol. The molecule has 0 spiro atoms. The van der Waals surface area contributed by atoms with Gasteiger partial charge in [-0.15, -0.1) is 0 Å². The third kappa shape index (κ3) is 3.34. The Bertz CT molecular complexity index is 172. The lowest BCUT2D eigenvalue weighted by Crippen LogP contribution is -2.46. The Morgan fingerprint density at radius 2 is 2.31 bits per heavy atom. The molecule has 1 aliphatic rings. The third-order valence-electron chi connectivity index (χ3n) is 2.37. The molecule has 0 aromatic rings. The fourth-order valence-corrected chi connectivity index (χ4v) is 1.52. The van der Waals surface area contributed by atoms with E-state index in [1.807, 2.05) is 6.08 Å². The Hall–Kier alpha value is -0.580. The molecule has 4 heteroatoms. The molecule has 1 rings (SSSR count). The Labute approximate surface area is 79.5 Å². The monoisotopic (exact) mass is 185 g/mol. The summed E-state index contributed by atoms with van der Waals surface area (Å²) in [7, 11) is 2.06. The maximum atomic E-state index is 5.80. The predicted molar refractivity (Wildman–Crippen MR) is 53.2 cm³/mol. The van der Waals surface area contributed by atoms with Gasteiger partial charge in [-0.3, -0.25) is 4.90 Å². The maximum absolute atomic E-state index is 5.80. The van der Waals surface area contributed by atoms with Crippen LogP contribution in [0.15, 0.2) is 12.3 Å². The maximum Gasteiger partial charge on any atom is 0.0623 e. The van der Waals surface area contributed by atoms with Crippen molar-refractivity contribution in [2.45, 2.75) is 18.5 Å². The van der Waals surface area contributed by atoms with E-state index in [2.05, 4.69) is 11.9 Å². The summed E-state index contributed by atoms with van der Waals surface area (Å²) < 4.78 is 5.37. The van der Waals surface area contributed by atoms with Crippen LogP contribution in [0.3, 0.4) is 0 Å². The van der Waals surface area contributed by atoms with E-state index in [-0.39, 0.29) is 6.04 Å². The number of likely N-dealkylation sites (N-methyl/N-ethyl adjacent to an activating group) is 1. The quantitative estimate of drug-likeness (QED) is 0.622. The number of nitrogens with zero attached hydrogens (tertiary/aromatic N) is 1. The van der Waals surface area contributed by atoms with Gasteiger partial charge in [-0.05, 0) is 19.7 Å². The number of ether oxygens (including phenoxy) is 1. The minimum atomic E-state index is 0.183. The van der Waals surface area contributed by atoms with Crippen LogP contribution >= 0.6 is 0 Å². The van der Waals surface area contributed by atoms with Crippen molar-refractivity contribution >= 4 is 0 Å². The summed E-state index contributed by atoms with van der Waals surface area (Å²) in [6.07, 6.45) is 4.51. The number of hydrogen-bond donors (Lipinski definition) is 2. The molecule has 0 unspecified atom stereocenters. The molecule has 1 fully saturated rings. The largest absolute Gasteiger partial charge is 0.405 e. The first-order valence-corrected chi connectivity index (χ1v) is 4.64. The zero-order chi connectivity index (χ0) is 9.68. The first kappa shape index (κ1) is 10.5. The topological polar surface area (TPSA) is 64.5 Å². The van der Waals surface area contributed by atoms with E-state index in [0.29, 0.717) is 12.6 Å². The molecule has 0 amide bonds. The molecular formula is C9H19N3O. The van der Waals surface area contributed by atoms with Crippen molar-refractivity contribution in [3.05, 3.63) is 12.3 Å². The molecule has 13 heavy (non-hydrogen) atoms. The zero-order valence-electron chi connectivity index (χ0n) is 8.15. The third-order valence-corrected chi connectivity index (χ3v) is 2.37. The highest BCUT2D eigenvalue weighted by molar-refractivity contribution is 4.85. The predicted octanol–water partition coefficient (Wildman–Crippen LogP) is -0.493. The second-order valence-corrected chi connectivity index (χ2v) is 3.55. The van der Waals surface area contributed by atoms with Gasteiger partial charge in [0.05, 0.1) is 13.2 Å². The Kier molecular flexibility index (Phi) is 4.21. The second-order valence-electron chi connectivity index (χ2n) is 3.55. The van der Waals surface area contributed by atoms with E-state index in [0.717, 1.165) is 19.6 Å². The minimum Gasteiger partial charge on any atom is -0.405 e. The molecule has 76 valence electrons. The molecule has 1 aliphatic heterocycles. The van der Waals surface area contributed by atoms with Gasteiger partial charge >= 0.3 is 0 Å². The van der Waals surface area contributed by atoms with Crippen LogP contribution in [-0.2, 0) is 4.74 Å². The first-order valence-electron chi connectivity index (χ1n) is 4.64. The van der Waals surface area contributed by atoms with Crippen molar-refractivity contribution in [2.75, 3.05) is 26.8 Å². The second kappa shape index (κ2) is 5.21. The van der Waals surface area contributed by atoms with E-state index in [1.54, 1.807) is 6.20 Å². The average Bonchev–Trinajstić information content (AvgIpc) is 2.14. The smallest absolute Gasteiger partial charge is 0.0623 e. The van der Waals surface area contributed by atoms with Crippen molar-refractivity contribution in [1.29, 1.82) is 0 Å². The van der Waals surface area contributed by atoms with Gasteiger partial charge in [-0.1, -0.05) is 6.08 Å². The number of rotatable bonds is 3. The molecule has 4 N–H and O–H groups in total. The molecule has 0 radical (unpaired) electrons. The molecule has 0 aliphatic carbocycles. The molecule has 0 bridgehead atoms. The van der Waals surface area contributed by atoms with Crippen LogP contribution in [0.4, 0.5) is 0 Å². The van der Waals surface area contributed by atoms with Crippen LogP contribution in [0, 0.1) is 0 Å². The molecule has 2 atom stereocenters. The van der Waals surface area contributed by atoms with E-state index >= 15 is 0 Å². The van der Waals surface area contributed by atoms with Crippen molar-refractivity contribution in [3.63, 3.8) is 0 Å². The lowest BCUT2D eigenvalue weighted by molar-refractivity contribution is 0.0198. The molecule has 4 nitrogen and oxygen atoms in total. The van der Waals surface area contributed by atoms with Crippen LogP contribution in [0.2, 0.25) is 0 Å². The van der Waals surface area contributed by atoms with Crippen molar-refractivity contribution < 1.29 is 4.74 Å². The Balaban J connectivity index is 2.32. The van der Waals surface area contributed by atoms with Gasteiger partial charge in [-0.25, -0.2) is 0 Å². The summed E-state index contributed by atoms with van der Waals surface area (Å²) in [6, 6.07) is 0.614. The van der Waals surface area contributed by atoms with E-state index < -0.39 is 0 Å². The van der Waals surface area contributed by atoms with Crippen LogP contribution in [0.1, 0.15) is 6.42 Å². The highest BCUT2D eigenvalue weighted by Gasteiger charge is 2.22.